The maximum atomic E-state index is 10.5. The lowest BCUT2D eigenvalue weighted by Gasteiger charge is -2.05. The van der Waals surface area contributed by atoms with Crippen molar-refractivity contribution in [3.63, 3.8) is 0 Å². The van der Waals surface area contributed by atoms with Gasteiger partial charge in [-0.15, -0.1) is 0 Å². The molecule has 0 aliphatic heterocycles. The molecule has 0 saturated heterocycles. The zero-order chi connectivity index (χ0) is 10.8. The molecule has 4 heteroatoms. The molecule has 1 atom stereocenters. The molecule has 0 saturated carbocycles. The maximum absolute atomic E-state index is 10.5. The van der Waals surface area contributed by atoms with Gasteiger partial charge in [-0.3, -0.25) is 4.55 Å². The first-order valence-corrected chi connectivity index (χ1v) is 5.48. The normalized spacial score (nSPS) is 12.7. The Morgan fingerprint density at radius 1 is 1.27 bits per heavy atom. The van der Waals surface area contributed by atoms with Crippen molar-refractivity contribution in [1.29, 1.82) is 0 Å². The van der Waals surface area contributed by atoms with Crippen LogP contribution in [0.15, 0.2) is 36.4 Å². The van der Waals surface area contributed by atoms with Gasteiger partial charge in [-0.2, -0.15) is 4.21 Å². The predicted molar refractivity (Wildman–Crippen MR) is 60.1 cm³/mol. The molecule has 0 bridgehead atoms. The van der Waals surface area contributed by atoms with Crippen LogP contribution in [0.5, 0.6) is 5.75 Å². The Labute approximate surface area is 90.2 Å². The Kier molecular flexibility index (Phi) is 2.70. The summed E-state index contributed by atoms with van der Waals surface area (Å²) >= 11 is -2.27. The molecule has 0 aliphatic carbocycles. The minimum absolute atomic E-state index is 0.409. The third kappa shape index (κ3) is 2.16. The molecule has 2 aromatic carbocycles. The molecule has 3 nitrogen and oxygen atoms in total. The lowest BCUT2D eigenvalue weighted by molar-refractivity contribution is 0.458. The van der Waals surface area contributed by atoms with E-state index in [0.717, 1.165) is 16.3 Å². The second-order valence-corrected chi connectivity index (χ2v) is 3.86. The monoisotopic (exact) mass is 222 g/mol. The number of rotatable bonds is 2. The minimum atomic E-state index is -2.27. The molecule has 0 fully saturated rings. The topological polar surface area (TPSA) is 46.5 Å². The first-order chi connectivity index (χ1) is 7.16. The quantitative estimate of drug-likeness (QED) is 0.794. The van der Waals surface area contributed by atoms with Crippen molar-refractivity contribution in [3.8, 4) is 5.75 Å². The highest BCUT2D eigenvalue weighted by molar-refractivity contribution is 7.74. The first kappa shape index (κ1) is 10.1. The largest absolute Gasteiger partial charge is 0.380 e. The van der Waals surface area contributed by atoms with Crippen LogP contribution in [0.4, 0.5) is 0 Å². The Hall–Kier alpha value is -1.39. The summed E-state index contributed by atoms with van der Waals surface area (Å²) in [5, 5.41) is 2.12. The van der Waals surface area contributed by atoms with Crippen LogP contribution in [0.25, 0.3) is 10.8 Å². The minimum Gasteiger partial charge on any atom is -0.380 e. The SMILES string of the molecule is Cc1cc(OS(=O)O)cc2ccccc12. The van der Waals surface area contributed by atoms with E-state index in [1.54, 1.807) is 12.1 Å². The number of hydrogen-bond donors (Lipinski definition) is 1. The van der Waals surface area contributed by atoms with Gasteiger partial charge in [0.15, 0.2) is 0 Å². The molecule has 0 heterocycles. The summed E-state index contributed by atoms with van der Waals surface area (Å²) in [6.45, 7) is 1.94. The van der Waals surface area contributed by atoms with Crippen molar-refractivity contribution in [2.75, 3.05) is 0 Å². The van der Waals surface area contributed by atoms with Crippen molar-refractivity contribution >= 4 is 22.1 Å². The molecular weight excluding hydrogens is 212 g/mol. The molecule has 2 rings (SSSR count). The van der Waals surface area contributed by atoms with E-state index in [2.05, 4.69) is 0 Å². The average Bonchev–Trinajstić information content (AvgIpc) is 2.16. The maximum Gasteiger partial charge on any atom is 0.357 e. The third-order valence-corrected chi connectivity index (χ3v) is 2.54. The van der Waals surface area contributed by atoms with Gasteiger partial charge in [-0.25, -0.2) is 0 Å². The summed E-state index contributed by atoms with van der Waals surface area (Å²) in [7, 11) is 0. The predicted octanol–water partition coefficient (Wildman–Crippen LogP) is 2.66. The summed E-state index contributed by atoms with van der Waals surface area (Å²) in [6.07, 6.45) is 0. The van der Waals surface area contributed by atoms with Crippen LogP contribution in [0.3, 0.4) is 0 Å². The molecule has 0 aliphatic rings. The van der Waals surface area contributed by atoms with Gasteiger partial charge in [-0.1, -0.05) is 24.3 Å². The summed E-state index contributed by atoms with van der Waals surface area (Å²) in [5.41, 5.74) is 1.02. The molecule has 0 aromatic heterocycles. The van der Waals surface area contributed by atoms with Crippen LogP contribution < -0.4 is 4.18 Å². The van der Waals surface area contributed by atoms with Crippen LogP contribution in [0, 0.1) is 6.92 Å². The molecule has 78 valence electrons. The van der Waals surface area contributed by atoms with E-state index in [1.807, 2.05) is 31.2 Å². The van der Waals surface area contributed by atoms with Gasteiger partial charge in [0.25, 0.3) is 0 Å². The van der Waals surface area contributed by atoms with Crippen molar-refractivity contribution < 1.29 is 12.9 Å². The van der Waals surface area contributed by atoms with E-state index in [9.17, 15) is 4.21 Å². The molecule has 15 heavy (non-hydrogen) atoms. The molecule has 0 amide bonds. The Balaban J connectivity index is 2.57. The smallest absolute Gasteiger partial charge is 0.357 e. The van der Waals surface area contributed by atoms with Crippen LogP contribution in [-0.4, -0.2) is 8.76 Å². The highest BCUT2D eigenvalue weighted by Gasteiger charge is 2.03. The second kappa shape index (κ2) is 4.00. The number of fused-ring (bicyclic) bond motifs is 1. The van der Waals surface area contributed by atoms with E-state index in [0.29, 0.717) is 5.75 Å². The van der Waals surface area contributed by atoms with Gasteiger partial charge < -0.3 is 4.18 Å². The van der Waals surface area contributed by atoms with E-state index in [1.165, 1.54) is 0 Å². The van der Waals surface area contributed by atoms with E-state index in [4.69, 9.17) is 8.74 Å². The van der Waals surface area contributed by atoms with Crippen molar-refractivity contribution in [2.45, 2.75) is 6.92 Å². The lowest BCUT2D eigenvalue weighted by atomic mass is 10.1. The molecule has 2 aromatic rings. The average molecular weight is 222 g/mol. The fraction of sp³-hybridized carbons (Fsp3) is 0.0909. The number of benzene rings is 2. The van der Waals surface area contributed by atoms with E-state index >= 15 is 0 Å². The zero-order valence-corrected chi connectivity index (χ0v) is 8.95. The van der Waals surface area contributed by atoms with Crippen LogP contribution in [0.2, 0.25) is 0 Å². The first-order valence-electron chi connectivity index (χ1n) is 4.45. The summed E-state index contributed by atoms with van der Waals surface area (Å²) in [5.74, 6) is 0.409. The van der Waals surface area contributed by atoms with Gasteiger partial charge in [0.05, 0.1) is 0 Å². The highest BCUT2D eigenvalue weighted by atomic mass is 32.2. The van der Waals surface area contributed by atoms with Crippen molar-refractivity contribution in [3.05, 3.63) is 42.0 Å². The van der Waals surface area contributed by atoms with E-state index in [-0.39, 0.29) is 0 Å². The standard InChI is InChI=1S/C11H10O3S/c1-8-6-10(14-15(12)13)7-9-4-2-3-5-11(8)9/h2-7H,1H3,(H,12,13). The Morgan fingerprint density at radius 2 is 2.00 bits per heavy atom. The summed E-state index contributed by atoms with van der Waals surface area (Å²) < 4.78 is 23.9. The van der Waals surface area contributed by atoms with Crippen LogP contribution in [-0.2, 0) is 11.4 Å². The van der Waals surface area contributed by atoms with Crippen LogP contribution >= 0.6 is 0 Å². The fourth-order valence-corrected chi connectivity index (χ4v) is 1.86. The van der Waals surface area contributed by atoms with Gasteiger partial charge in [0.2, 0.25) is 0 Å². The zero-order valence-electron chi connectivity index (χ0n) is 8.14. The van der Waals surface area contributed by atoms with Crippen LogP contribution in [0.1, 0.15) is 5.56 Å². The second-order valence-electron chi connectivity index (χ2n) is 3.26. The number of hydrogen-bond acceptors (Lipinski definition) is 2. The Bertz CT molecular complexity index is 522. The van der Waals surface area contributed by atoms with Crippen molar-refractivity contribution in [1.82, 2.24) is 0 Å². The molecular formula is C11H10O3S. The molecule has 1 N–H and O–H groups in total. The van der Waals surface area contributed by atoms with Gasteiger partial charge in [-0.05, 0) is 35.4 Å². The number of aryl methyl sites for hydroxylation is 1. The fourth-order valence-electron chi connectivity index (χ4n) is 1.60. The Morgan fingerprint density at radius 3 is 2.73 bits per heavy atom. The third-order valence-electron chi connectivity index (χ3n) is 2.21. The van der Waals surface area contributed by atoms with Gasteiger partial charge in [0.1, 0.15) is 5.75 Å². The lowest BCUT2D eigenvalue weighted by Crippen LogP contribution is -1.97. The molecule has 0 radical (unpaired) electrons. The van der Waals surface area contributed by atoms with E-state index < -0.39 is 11.4 Å². The summed E-state index contributed by atoms with van der Waals surface area (Å²) in [6, 6.07) is 11.3. The van der Waals surface area contributed by atoms with Gasteiger partial charge in [0, 0.05) is 0 Å². The highest BCUT2D eigenvalue weighted by Crippen LogP contribution is 2.24. The van der Waals surface area contributed by atoms with Crippen molar-refractivity contribution in [2.24, 2.45) is 0 Å². The molecule has 0 spiro atoms. The van der Waals surface area contributed by atoms with Gasteiger partial charge >= 0.3 is 11.4 Å². The molecule has 1 unspecified atom stereocenters. The summed E-state index contributed by atoms with van der Waals surface area (Å²) in [4.78, 5) is 0.